The molecule has 6 heteroatoms. The Kier molecular flexibility index (Phi) is 3.65. The first kappa shape index (κ1) is 13.0. The van der Waals surface area contributed by atoms with Crippen molar-refractivity contribution in [3.63, 3.8) is 0 Å². The molecule has 0 spiro atoms. The molecule has 1 N–H and O–H groups in total. The van der Waals surface area contributed by atoms with Crippen LogP contribution in [0.5, 0.6) is 0 Å². The Morgan fingerprint density at radius 2 is 2.33 bits per heavy atom. The zero-order chi connectivity index (χ0) is 13.3. The van der Waals surface area contributed by atoms with E-state index in [1.54, 1.807) is 13.0 Å². The third kappa shape index (κ3) is 2.12. The number of rotatable bonds is 3. The number of carboxylic acids is 1. The second-order valence-electron chi connectivity index (χ2n) is 4.20. The second-order valence-corrected chi connectivity index (χ2v) is 5.41. The largest absolute Gasteiger partial charge is 0.480 e. The summed E-state index contributed by atoms with van der Waals surface area (Å²) in [6.07, 6.45) is 2.17. The number of carbonyl (C=O) groups is 2. The second kappa shape index (κ2) is 5.06. The van der Waals surface area contributed by atoms with Gasteiger partial charge in [-0.15, -0.1) is 11.8 Å². The lowest BCUT2D eigenvalue weighted by atomic mass is 10.2. The number of hydrogen-bond donors (Lipinski definition) is 1. The van der Waals surface area contributed by atoms with Gasteiger partial charge in [-0.3, -0.25) is 4.79 Å². The quantitative estimate of drug-likeness (QED) is 0.908. The average molecular weight is 269 g/mol. The number of hydrogen-bond acceptors (Lipinski definition) is 4. The fourth-order valence-corrected chi connectivity index (χ4v) is 3.40. The molecule has 98 valence electrons. The highest BCUT2D eigenvalue weighted by atomic mass is 32.2. The molecule has 1 amide bonds. The van der Waals surface area contributed by atoms with Gasteiger partial charge in [0, 0.05) is 11.3 Å². The van der Waals surface area contributed by atoms with Crippen molar-refractivity contribution in [3.05, 3.63) is 23.7 Å². The maximum absolute atomic E-state index is 12.4. The molecule has 5 nitrogen and oxygen atoms in total. The van der Waals surface area contributed by atoms with E-state index in [9.17, 15) is 14.7 Å². The number of nitrogens with zero attached hydrogens (tertiary/aromatic N) is 1. The van der Waals surface area contributed by atoms with Gasteiger partial charge in [0.15, 0.2) is 5.76 Å². The fourth-order valence-electron chi connectivity index (χ4n) is 2.05. The highest BCUT2D eigenvalue weighted by molar-refractivity contribution is 8.00. The molecule has 2 heterocycles. The number of thioether (sulfide) groups is 1. The molecule has 0 radical (unpaired) electrons. The summed E-state index contributed by atoms with van der Waals surface area (Å²) in [6, 6.07) is 0.935. The molecule has 0 bridgehead atoms. The molecule has 0 aliphatic carbocycles. The number of carboxylic acid groups (broad SMARTS) is 1. The molecule has 1 fully saturated rings. The Bertz CT molecular complexity index is 470. The van der Waals surface area contributed by atoms with Crippen molar-refractivity contribution >= 4 is 23.6 Å². The van der Waals surface area contributed by atoms with Crippen LogP contribution in [0.15, 0.2) is 16.7 Å². The molecule has 0 saturated carbocycles. The predicted molar refractivity (Wildman–Crippen MR) is 67.6 cm³/mol. The van der Waals surface area contributed by atoms with Crippen LogP contribution in [0.4, 0.5) is 0 Å². The highest BCUT2D eigenvalue weighted by Crippen LogP contribution is 2.33. The van der Waals surface area contributed by atoms with E-state index in [0.29, 0.717) is 5.75 Å². The standard InChI is InChI=1S/C12H15NO4S/c1-3-9-13(8(6-18-9)12(15)16)11(14)10-7(2)4-5-17-10/h4-5,8-9H,3,6H2,1-2H3,(H,15,16). The van der Waals surface area contributed by atoms with Crippen molar-refractivity contribution in [1.29, 1.82) is 0 Å². The minimum Gasteiger partial charge on any atom is -0.480 e. The summed E-state index contributed by atoms with van der Waals surface area (Å²) in [5.74, 6) is -0.626. The Balaban J connectivity index is 2.30. The molecule has 2 atom stereocenters. The maximum atomic E-state index is 12.4. The van der Waals surface area contributed by atoms with Crippen LogP contribution in [0.3, 0.4) is 0 Å². The summed E-state index contributed by atoms with van der Waals surface area (Å²) < 4.78 is 5.17. The fraction of sp³-hybridized carbons (Fsp3) is 0.500. The lowest BCUT2D eigenvalue weighted by Gasteiger charge is -2.25. The minimum absolute atomic E-state index is 0.0944. The van der Waals surface area contributed by atoms with Gasteiger partial charge < -0.3 is 14.4 Å². The van der Waals surface area contributed by atoms with Gasteiger partial charge in [-0.05, 0) is 19.4 Å². The normalized spacial score (nSPS) is 23.3. The molecular formula is C12H15NO4S. The van der Waals surface area contributed by atoms with Crippen LogP contribution >= 0.6 is 11.8 Å². The molecule has 18 heavy (non-hydrogen) atoms. The highest BCUT2D eigenvalue weighted by Gasteiger charge is 2.42. The topological polar surface area (TPSA) is 70.8 Å². The number of furan rings is 1. The first-order valence-corrected chi connectivity index (χ1v) is 6.82. The van der Waals surface area contributed by atoms with E-state index in [4.69, 9.17) is 4.42 Å². The first-order chi connectivity index (χ1) is 8.56. The van der Waals surface area contributed by atoms with Crippen LogP contribution in [-0.4, -0.2) is 39.1 Å². The van der Waals surface area contributed by atoms with Crippen molar-refractivity contribution in [2.45, 2.75) is 31.7 Å². The zero-order valence-corrected chi connectivity index (χ0v) is 11.1. The Morgan fingerprint density at radius 3 is 2.83 bits per heavy atom. The van der Waals surface area contributed by atoms with Crippen molar-refractivity contribution in [2.24, 2.45) is 0 Å². The van der Waals surface area contributed by atoms with Crippen LogP contribution in [0.25, 0.3) is 0 Å². The number of amides is 1. The van der Waals surface area contributed by atoms with E-state index in [-0.39, 0.29) is 17.0 Å². The summed E-state index contributed by atoms with van der Waals surface area (Å²) in [5, 5.41) is 9.08. The van der Waals surface area contributed by atoms with Crippen molar-refractivity contribution < 1.29 is 19.1 Å². The van der Waals surface area contributed by atoms with E-state index in [1.807, 2.05) is 6.92 Å². The van der Waals surface area contributed by atoms with Gasteiger partial charge in [0.25, 0.3) is 5.91 Å². The van der Waals surface area contributed by atoms with E-state index in [1.165, 1.54) is 22.9 Å². The van der Waals surface area contributed by atoms with Gasteiger partial charge >= 0.3 is 5.97 Å². The van der Waals surface area contributed by atoms with E-state index >= 15 is 0 Å². The minimum atomic E-state index is -0.962. The lowest BCUT2D eigenvalue weighted by Crippen LogP contribution is -2.45. The molecular weight excluding hydrogens is 254 g/mol. The van der Waals surface area contributed by atoms with Gasteiger partial charge in [0.1, 0.15) is 6.04 Å². The maximum Gasteiger partial charge on any atom is 0.327 e. The van der Waals surface area contributed by atoms with Crippen LogP contribution in [-0.2, 0) is 4.79 Å². The third-order valence-corrected chi connectivity index (χ3v) is 4.47. The van der Waals surface area contributed by atoms with Crippen LogP contribution in [0, 0.1) is 6.92 Å². The Hall–Kier alpha value is -1.43. The third-order valence-electron chi connectivity index (χ3n) is 3.02. The number of aryl methyl sites for hydroxylation is 1. The van der Waals surface area contributed by atoms with Gasteiger partial charge in [-0.2, -0.15) is 0 Å². The Morgan fingerprint density at radius 1 is 1.61 bits per heavy atom. The van der Waals surface area contributed by atoms with Crippen molar-refractivity contribution in [3.8, 4) is 0 Å². The first-order valence-electron chi connectivity index (χ1n) is 5.77. The predicted octanol–water partition coefficient (Wildman–Crippen LogP) is 1.97. The van der Waals surface area contributed by atoms with Crippen LogP contribution in [0.2, 0.25) is 0 Å². The molecule has 2 unspecified atom stereocenters. The average Bonchev–Trinajstić information content (AvgIpc) is 2.93. The molecule has 1 aliphatic heterocycles. The SMILES string of the molecule is CCC1SCC(C(=O)O)N1C(=O)c1occc1C. The summed E-state index contributed by atoms with van der Waals surface area (Å²) in [7, 11) is 0. The van der Waals surface area contributed by atoms with Gasteiger partial charge in [-0.25, -0.2) is 4.79 Å². The molecule has 1 aromatic heterocycles. The van der Waals surface area contributed by atoms with E-state index in [0.717, 1.165) is 12.0 Å². The molecule has 1 aliphatic rings. The zero-order valence-electron chi connectivity index (χ0n) is 10.3. The van der Waals surface area contributed by atoms with E-state index < -0.39 is 12.0 Å². The number of aliphatic carboxylic acids is 1. The monoisotopic (exact) mass is 269 g/mol. The van der Waals surface area contributed by atoms with Crippen LogP contribution in [0.1, 0.15) is 29.5 Å². The lowest BCUT2D eigenvalue weighted by molar-refractivity contribution is -0.141. The van der Waals surface area contributed by atoms with Gasteiger partial charge in [0.2, 0.25) is 0 Å². The van der Waals surface area contributed by atoms with Crippen molar-refractivity contribution in [1.82, 2.24) is 4.90 Å². The molecule has 2 rings (SSSR count). The summed E-state index contributed by atoms with van der Waals surface area (Å²) in [6.45, 7) is 3.72. The van der Waals surface area contributed by atoms with E-state index in [2.05, 4.69) is 0 Å². The van der Waals surface area contributed by atoms with Crippen molar-refractivity contribution in [2.75, 3.05) is 5.75 Å². The summed E-state index contributed by atoms with van der Waals surface area (Å²) >= 11 is 1.50. The molecule has 1 aromatic rings. The summed E-state index contributed by atoms with van der Waals surface area (Å²) in [4.78, 5) is 25.0. The summed E-state index contributed by atoms with van der Waals surface area (Å²) in [5.41, 5.74) is 0.732. The Labute approximate surface area is 109 Å². The van der Waals surface area contributed by atoms with Gasteiger partial charge in [0.05, 0.1) is 11.6 Å². The molecule has 0 aromatic carbocycles. The van der Waals surface area contributed by atoms with Gasteiger partial charge in [-0.1, -0.05) is 6.92 Å². The smallest absolute Gasteiger partial charge is 0.327 e. The van der Waals surface area contributed by atoms with Crippen LogP contribution < -0.4 is 0 Å². The molecule has 1 saturated heterocycles. The number of carbonyl (C=O) groups excluding carboxylic acids is 1.